The second kappa shape index (κ2) is 8.50. The van der Waals surface area contributed by atoms with E-state index in [9.17, 15) is 9.59 Å². The Bertz CT molecular complexity index is 1840. The monoisotopic (exact) mass is 559 g/mol. The van der Waals surface area contributed by atoms with Gasteiger partial charge in [-0.05, 0) is 54.1 Å². The van der Waals surface area contributed by atoms with Gasteiger partial charge >= 0.3 is 11.3 Å². The highest BCUT2D eigenvalue weighted by atomic mass is 79.9. The average molecular weight is 560 g/mol. The van der Waals surface area contributed by atoms with Gasteiger partial charge < -0.3 is 23.0 Å². The molecule has 184 valence electrons. The van der Waals surface area contributed by atoms with Crippen molar-refractivity contribution >= 4 is 37.9 Å². The fraction of sp³-hybridized carbons (Fsp3) is 0.143. The highest BCUT2D eigenvalue weighted by molar-refractivity contribution is 9.10. The van der Waals surface area contributed by atoms with Crippen LogP contribution >= 0.6 is 15.9 Å². The molecule has 0 fully saturated rings. The average Bonchev–Trinajstić information content (AvgIpc) is 3.36. The largest absolute Gasteiger partial charge is 0.478 e. The third-order valence-electron chi connectivity index (χ3n) is 6.58. The molecule has 0 atom stereocenters. The first-order valence-corrected chi connectivity index (χ1v) is 12.4. The fourth-order valence-corrected chi connectivity index (χ4v) is 5.26. The Morgan fingerprint density at radius 1 is 0.811 bits per heavy atom. The Morgan fingerprint density at radius 3 is 2.59 bits per heavy atom. The molecule has 3 aromatic carbocycles. The van der Waals surface area contributed by atoms with Gasteiger partial charge in [-0.15, -0.1) is 0 Å². The molecular weight excluding hydrogens is 542 g/mol. The molecule has 0 aliphatic carbocycles. The first-order valence-electron chi connectivity index (χ1n) is 11.6. The van der Waals surface area contributed by atoms with Crippen molar-refractivity contribution in [1.82, 2.24) is 4.90 Å². The van der Waals surface area contributed by atoms with Gasteiger partial charge in [0, 0.05) is 40.0 Å². The normalized spacial score (nSPS) is 14.6. The molecule has 7 rings (SSSR count). The van der Waals surface area contributed by atoms with E-state index in [1.807, 2.05) is 36.4 Å². The van der Waals surface area contributed by atoms with Gasteiger partial charge in [0.1, 0.15) is 23.6 Å². The first-order chi connectivity index (χ1) is 18.0. The maximum Gasteiger partial charge on any atom is 0.344 e. The zero-order valence-corrected chi connectivity index (χ0v) is 20.9. The summed E-state index contributed by atoms with van der Waals surface area (Å²) in [5, 5.41) is 1.37. The van der Waals surface area contributed by atoms with Crippen molar-refractivity contribution in [1.29, 1.82) is 0 Å². The topological polar surface area (TPSA) is 91.4 Å². The summed E-state index contributed by atoms with van der Waals surface area (Å²) >= 11 is 3.45. The number of benzene rings is 3. The van der Waals surface area contributed by atoms with Crippen molar-refractivity contribution < 1.29 is 23.0 Å². The smallest absolute Gasteiger partial charge is 0.344 e. The minimum atomic E-state index is -0.558. The summed E-state index contributed by atoms with van der Waals surface area (Å²) < 4.78 is 29.0. The van der Waals surface area contributed by atoms with Crippen molar-refractivity contribution in [2.45, 2.75) is 13.1 Å². The Kier molecular flexibility index (Phi) is 5.09. The van der Waals surface area contributed by atoms with Crippen LogP contribution in [-0.4, -0.2) is 18.4 Å². The van der Waals surface area contributed by atoms with E-state index in [1.165, 1.54) is 6.07 Å². The maximum absolute atomic E-state index is 12.9. The third kappa shape index (κ3) is 3.87. The van der Waals surface area contributed by atoms with Crippen LogP contribution in [0.5, 0.6) is 17.2 Å². The Morgan fingerprint density at radius 2 is 1.68 bits per heavy atom. The number of hydrogen-bond donors (Lipinski definition) is 0. The molecule has 2 aromatic heterocycles. The van der Waals surface area contributed by atoms with E-state index in [1.54, 1.807) is 18.2 Å². The molecule has 0 spiro atoms. The summed E-state index contributed by atoms with van der Waals surface area (Å²) in [4.78, 5) is 27.7. The molecule has 4 heterocycles. The van der Waals surface area contributed by atoms with Crippen LogP contribution in [0, 0.1) is 0 Å². The predicted molar refractivity (Wildman–Crippen MR) is 139 cm³/mol. The highest BCUT2D eigenvalue weighted by Crippen LogP contribution is 2.37. The fourth-order valence-electron chi connectivity index (χ4n) is 4.88. The number of halogens is 1. The summed E-state index contributed by atoms with van der Waals surface area (Å²) in [5.41, 5.74) is 2.31. The zero-order chi connectivity index (χ0) is 25.1. The third-order valence-corrected chi connectivity index (χ3v) is 7.08. The molecular formula is C28H18BrNO7. The van der Waals surface area contributed by atoms with Crippen molar-refractivity contribution in [2.75, 3.05) is 13.5 Å². The van der Waals surface area contributed by atoms with Crippen LogP contribution < -0.4 is 25.5 Å². The summed E-state index contributed by atoms with van der Waals surface area (Å²) in [6.45, 7) is 1.69. The molecule has 2 aliphatic heterocycles. The van der Waals surface area contributed by atoms with Gasteiger partial charge in [0.15, 0.2) is 11.5 Å². The Balaban J connectivity index is 1.31. The molecule has 0 radical (unpaired) electrons. The van der Waals surface area contributed by atoms with Gasteiger partial charge in [-0.25, -0.2) is 9.59 Å². The van der Waals surface area contributed by atoms with Crippen molar-refractivity contribution in [3.63, 3.8) is 0 Å². The lowest BCUT2D eigenvalue weighted by Crippen LogP contribution is -2.31. The lowest BCUT2D eigenvalue weighted by molar-refractivity contribution is 0.0889. The van der Waals surface area contributed by atoms with Crippen LogP contribution in [0.3, 0.4) is 0 Å². The first kappa shape index (κ1) is 22.1. The molecule has 0 saturated heterocycles. The zero-order valence-electron chi connectivity index (χ0n) is 19.3. The Hall–Kier alpha value is -4.08. The van der Waals surface area contributed by atoms with Gasteiger partial charge in [0.25, 0.3) is 0 Å². The molecule has 8 nitrogen and oxygen atoms in total. The molecule has 0 amide bonds. The lowest BCUT2D eigenvalue weighted by atomic mass is 9.99. The minimum absolute atomic E-state index is 0.221. The van der Waals surface area contributed by atoms with Crippen molar-refractivity contribution in [3.8, 4) is 28.4 Å². The molecule has 5 aromatic rings. The maximum atomic E-state index is 12.9. The summed E-state index contributed by atoms with van der Waals surface area (Å²) in [5.74, 6) is 2.09. The van der Waals surface area contributed by atoms with Crippen molar-refractivity contribution in [2.24, 2.45) is 0 Å². The second-order valence-electron chi connectivity index (χ2n) is 8.98. The predicted octanol–water partition coefficient (Wildman–Crippen LogP) is 5.41. The molecule has 37 heavy (non-hydrogen) atoms. The SMILES string of the molecule is O=c1cc(-c2cc3cc(Br)ccc3oc2=O)c2ccc3c(c2o1)CN(Cc1ccc2c(c1)OCO2)CO3. The minimum Gasteiger partial charge on any atom is -0.478 e. The molecule has 9 heteroatoms. The van der Waals surface area contributed by atoms with Crippen LogP contribution in [-0.2, 0) is 13.1 Å². The number of rotatable bonds is 3. The van der Waals surface area contributed by atoms with Crippen LogP contribution in [0.4, 0.5) is 0 Å². The molecule has 0 bridgehead atoms. The second-order valence-corrected chi connectivity index (χ2v) is 9.89. The van der Waals surface area contributed by atoms with Gasteiger partial charge in [-0.1, -0.05) is 22.0 Å². The quantitative estimate of drug-likeness (QED) is 0.271. The van der Waals surface area contributed by atoms with Crippen LogP contribution in [0.1, 0.15) is 11.1 Å². The van der Waals surface area contributed by atoms with E-state index in [2.05, 4.69) is 20.8 Å². The number of ether oxygens (including phenoxy) is 3. The number of hydrogen-bond acceptors (Lipinski definition) is 8. The molecule has 0 saturated carbocycles. The molecule has 2 aliphatic rings. The Labute approximate surface area is 217 Å². The molecule has 0 N–H and O–H groups in total. The van der Waals surface area contributed by atoms with Crippen LogP contribution in [0.15, 0.2) is 83.6 Å². The van der Waals surface area contributed by atoms with E-state index in [4.69, 9.17) is 23.0 Å². The summed E-state index contributed by atoms with van der Waals surface area (Å²) in [6, 6.07) is 18.0. The van der Waals surface area contributed by atoms with Gasteiger partial charge in [0.05, 0.1) is 11.1 Å². The van der Waals surface area contributed by atoms with Crippen LogP contribution in [0.25, 0.3) is 33.1 Å². The van der Waals surface area contributed by atoms with Gasteiger partial charge in [0.2, 0.25) is 6.79 Å². The van der Waals surface area contributed by atoms with Crippen LogP contribution in [0.2, 0.25) is 0 Å². The number of fused-ring (bicyclic) bond motifs is 5. The molecule has 0 unspecified atom stereocenters. The van der Waals surface area contributed by atoms with E-state index < -0.39 is 11.3 Å². The van der Waals surface area contributed by atoms with Gasteiger partial charge in [-0.2, -0.15) is 0 Å². The standard InChI is InChI=1S/C28H18BrNO7/c29-17-2-5-22-16(8-17)9-20(28(32)36-22)19-10-26(31)37-27-18(19)3-6-23-21(27)12-30(13-33-23)11-15-1-4-24-25(7-15)35-14-34-24/h1-10H,11-14H2. The summed E-state index contributed by atoms with van der Waals surface area (Å²) in [7, 11) is 0. The van der Waals surface area contributed by atoms with Crippen molar-refractivity contribution in [3.05, 3.63) is 97.1 Å². The number of nitrogens with zero attached hydrogens (tertiary/aromatic N) is 1. The lowest BCUT2D eigenvalue weighted by Gasteiger charge is -2.29. The van der Waals surface area contributed by atoms with E-state index in [0.29, 0.717) is 47.7 Å². The van der Waals surface area contributed by atoms with E-state index in [-0.39, 0.29) is 12.4 Å². The summed E-state index contributed by atoms with van der Waals surface area (Å²) in [6.07, 6.45) is 0. The van der Waals surface area contributed by atoms with Gasteiger partial charge in [-0.3, -0.25) is 4.90 Å². The van der Waals surface area contributed by atoms with E-state index in [0.717, 1.165) is 32.5 Å². The highest BCUT2D eigenvalue weighted by Gasteiger charge is 2.24. The van der Waals surface area contributed by atoms with E-state index >= 15 is 0 Å².